The molecule has 5 nitrogen and oxygen atoms in total. The number of carbonyl (C=O) groups is 1. The summed E-state index contributed by atoms with van der Waals surface area (Å²) in [6.45, 7) is 7.91. The normalized spacial score (nSPS) is 18.7. The van der Waals surface area contributed by atoms with Crippen LogP contribution in [0, 0.1) is 6.92 Å². The first-order valence-corrected chi connectivity index (χ1v) is 6.44. The lowest BCUT2D eigenvalue weighted by Gasteiger charge is -2.34. The van der Waals surface area contributed by atoms with Crippen molar-refractivity contribution in [3.8, 4) is 11.5 Å². The molecule has 0 spiro atoms. The first-order chi connectivity index (χ1) is 9.22. The zero-order chi connectivity index (χ0) is 13.2. The molecular weight excluding hydrogens is 244 g/mol. The van der Waals surface area contributed by atoms with Crippen LogP contribution in [-0.2, 0) is 11.3 Å². The molecule has 2 aliphatic heterocycles. The Labute approximate surface area is 112 Å². The van der Waals surface area contributed by atoms with E-state index in [0.717, 1.165) is 44.2 Å². The Morgan fingerprint density at radius 2 is 1.89 bits per heavy atom. The lowest BCUT2D eigenvalue weighted by atomic mass is 10.1. The average molecular weight is 261 g/mol. The number of benzene rings is 1. The van der Waals surface area contributed by atoms with E-state index in [0.29, 0.717) is 6.79 Å². The van der Waals surface area contributed by atoms with Gasteiger partial charge in [0.25, 0.3) is 0 Å². The molecule has 1 aromatic rings. The van der Waals surface area contributed by atoms with Crippen LogP contribution < -0.4 is 9.47 Å². The first kappa shape index (κ1) is 12.3. The summed E-state index contributed by atoms with van der Waals surface area (Å²) < 4.78 is 10.7. The molecular formula is C14H17N2O3. The summed E-state index contributed by atoms with van der Waals surface area (Å²) in [4.78, 5) is 15.3. The number of rotatable bonds is 2. The summed E-state index contributed by atoms with van der Waals surface area (Å²) in [5.74, 6) is 1.56. The van der Waals surface area contributed by atoms with E-state index in [1.165, 1.54) is 5.56 Å². The van der Waals surface area contributed by atoms with Gasteiger partial charge in [0.05, 0.1) is 0 Å². The van der Waals surface area contributed by atoms with Crippen LogP contribution in [0.25, 0.3) is 0 Å². The number of amides is 1. The van der Waals surface area contributed by atoms with E-state index in [-0.39, 0.29) is 5.91 Å². The van der Waals surface area contributed by atoms with Crippen molar-refractivity contribution in [1.29, 1.82) is 0 Å². The quantitative estimate of drug-likeness (QED) is 0.793. The van der Waals surface area contributed by atoms with Crippen molar-refractivity contribution in [2.45, 2.75) is 6.54 Å². The number of hydrogen-bond donors (Lipinski definition) is 0. The summed E-state index contributed by atoms with van der Waals surface area (Å²) in [5, 5.41) is 0. The van der Waals surface area contributed by atoms with Gasteiger partial charge in [-0.1, -0.05) is 6.07 Å². The minimum Gasteiger partial charge on any atom is -0.454 e. The lowest BCUT2D eigenvalue weighted by molar-refractivity contribution is -0.128. The summed E-state index contributed by atoms with van der Waals surface area (Å²) in [6, 6.07) is 6.04. The second-order valence-corrected chi connectivity index (χ2v) is 4.84. The minimum absolute atomic E-state index is 0.0808. The molecule has 0 bridgehead atoms. The van der Waals surface area contributed by atoms with E-state index >= 15 is 0 Å². The van der Waals surface area contributed by atoms with Gasteiger partial charge in [-0.05, 0) is 17.7 Å². The van der Waals surface area contributed by atoms with Crippen LogP contribution in [-0.4, -0.2) is 48.7 Å². The molecule has 5 heteroatoms. The molecule has 101 valence electrons. The van der Waals surface area contributed by atoms with Crippen molar-refractivity contribution in [3.05, 3.63) is 30.7 Å². The van der Waals surface area contributed by atoms with Crippen LogP contribution in [0.2, 0.25) is 0 Å². The highest BCUT2D eigenvalue weighted by molar-refractivity contribution is 5.80. The molecule has 1 saturated heterocycles. The van der Waals surface area contributed by atoms with E-state index < -0.39 is 0 Å². The molecule has 0 N–H and O–H groups in total. The maximum absolute atomic E-state index is 11.2. The maximum atomic E-state index is 11.2. The molecule has 0 atom stereocenters. The van der Waals surface area contributed by atoms with E-state index in [1.807, 2.05) is 12.1 Å². The molecule has 2 aliphatic rings. The highest BCUT2D eigenvalue weighted by atomic mass is 16.7. The number of hydrogen-bond acceptors (Lipinski definition) is 4. The monoisotopic (exact) mass is 261 g/mol. The third kappa shape index (κ3) is 2.66. The summed E-state index contributed by atoms with van der Waals surface area (Å²) >= 11 is 0. The zero-order valence-corrected chi connectivity index (χ0v) is 10.8. The van der Waals surface area contributed by atoms with Crippen LogP contribution in [0.1, 0.15) is 5.56 Å². The molecule has 3 rings (SSSR count). The standard InChI is InChI=1S/C14H17N2O3/c1-11(17)16-6-4-15(5-7-16)9-12-2-3-13-14(8-12)19-10-18-13/h2-3,8H,1,4-7,9-10H2. The molecule has 0 saturated carbocycles. The number of nitrogens with zero attached hydrogens (tertiary/aromatic N) is 2. The molecule has 0 aliphatic carbocycles. The largest absolute Gasteiger partial charge is 0.454 e. The second-order valence-electron chi connectivity index (χ2n) is 4.84. The molecule has 1 aromatic carbocycles. The summed E-state index contributed by atoms with van der Waals surface area (Å²) in [7, 11) is 0. The number of fused-ring (bicyclic) bond motifs is 1. The fourth-order valence-electron chi connectivity index (χ4n) is 2.45. The minimum atomic E-state index is -0.0808. The van der Waals surface area contributed by atoms with Crippen LogP contribution >= 0.6 is 0 Å². The Kier molecular flexibility index (Phi) is 3.29. The van der Waals surface area contributed by atoms with Crippen LogP contribution in [0.4, 0.5) is 0 Å². The molecule has 1 radical (unpaired) electrons. The van der Waals surface area contributed by atoms with E-state index in [4.69, 9.17) is 9.47 Å². The van der Waals surface area contributed by atoms with Crippen LogP contribution in [0.3, 0.4) is 0 Å². The van der Waals surface area contributed by atoms with Gasteiger partial charge >= 0.3 is 0 Å². The van der Waals surface area contributed by atoms with E-state index in [1.54, 1.807) is 4.90 Å². The van der Waals surface area contributed by atoms with Gasteiger partial charge in [0, 0.05) is 39.6 Å². The third-order valence-corrected chi connectivity index (χ3v) is 3.57. The van der Waals surface area contributed by atoms with E-state index in [9.17, 15) is 4.79 Å². The molecule has 0 aromatic heterocycles. The Bertz CT molecular complexity index is 482. The Morgan fingerprint density at radius 3 is 2.63 bits per heavy atom. The Morgan fingerprint density at radius 1 is 1.16 bits per heavy atom. The highest BCUT2D eigenvalue weighted by Crippen LogP contribution is 2.32. The van der Waals surface area contributed by atoms with Crippen molar-refractivity contribution >= 4 is 5.91 Å². The fourth-order valence-corrected chi connectivity index (χ4v) is 2.45. The van der Waals surface area contributed by atoms with Gasteiger partial charge < -0.3 is 14.4 Å². The van der Waals surface area contributed by atoms with Crippen molar-refractivity contribution in [2.24, 2.45) is 0 Å². The SMILES string of the molecule is [CH2]C(=O)N1CCN(Cc2ccc3c(c2)OCO3)CC1. The van der Waals surface area contributed by atoms with Gasteiger partial charge in [-0.25, -0.2) is 0 Å². The van der Waals surface area contributed by atoms with Gasteiger partial charge in [0.2, 0.25) is 12.7 Å². The first-order valence-electron chi connectivity index (χ1n) is 6.44. The Hall–Kier alpha value is -1.75. The summed E-state index contributed by atoms with van der Waals surface area (Å²) in [5.41, 5.74) is 1.21. The Balaban J connectivity index is 1.59. The topological polar surface area (TPSA) is 42.0 Å². The fraction of sp³-hybridized carbons (Fsp3) is 0.429. The molecule has 1 amide bonds. The van der Waals surface area contributed by atoms with Gasteiger partial charge in [-0.15, -0.1) is 0 Å². The zero-order valence-electron chi connectivity index (χ0n) is 10.8. The van der Waals surface area contributed by atoms with Crippen molar-refractivity contribution in [1.82, 2.24) is 9.80 Å². The number of ether oxygens (including phenoxy) is 2. The van der Waals surface area contributed by atoms with E-state index in [2.05, 4.69) is 17.9 Å². The van der Waals surface area contributed by atoms with Crippen LogP contribution in [0.5, 0.6) is 11.5 Å². The van der Waals surface area contributed by atoms with Crippen molar-refractivity contribution in [2.75, 3.05) is 33.0 Å². The molecule has 19 heavy (non-hydrogen) atoms. The van der Waals surface area contributed by atoms with Crippen LogP contribution in [0.15, 0.2) is 18.2 Å². The van der Waals surface area contributed by atoms with Gasteiger partial charge in [0.1, 0.15) is 0 Å². The lowest BCUT2D eigenvalue weighted by Crippen LogP contribution is -2.47. The van der Waals surface area contributed by atoms with Crippen molar-refractivity contribution < 1.29 is 14.3 Å². The average Bonchev–Trinajstić information content (AvgIpc) is 2.87. The summed E-state index contributed by atoms with van der Waals surface area (Å²) in [6.07, 6.45) is 0. The highest BCUT2D eigenvalue weighted by Gasteiger charge is 2.19. The van der Waals surface area contributed by atoms with Gasteiger partial charge in [-0.3, -0.25) is 9.69 Å². The number of carbonyl (C=O) groups excluding carboxylic acids is 1. The number of piperazine rings is 1. The maximum Gasteiger partial charge on any atom is 0.231 e. The van der Waals surface area contributed by atoms with Crippen molar-refractivity contribution in [3.63, 3.8) is 0 Å². The smallest absolute Gasteiger partial charge is 0.231 e. The van der Waals surface area contributed by atoms with Gasteiger partial charge in [0.15, 0.2) is 11.5 Å². The molecule has 2 heterocycles. The molecule has 1 fully saturated rings. The molecule has 0 unspecified atom stereocenters. The predicted molar refractivity (Wildman–Crippen MR) is 69.8 cm³/mol. The second kappa shape index (κ2) is 5.09. The third-order valence-electron chi connectivity index (χ3n) is 3.57. The van der Waals surface area contributed by atoms with Gasteiger partial charge in [-0.2, -0.15) is 0 Å². The predicted octanol–water partition coefficient (Wildman–Crippen LogP) is 0.894.